The summed E-state index contributed by atoms with van der Waals surface area (Å²) in [7, 11) is 0. The number of aryl methyl sites for hydroxylation is 1. The fourth-order valence-electron chi connectivity index (χ4n) is 2.12. The van der Waals surface area contributed by atoms with Crippen molar-refractivity contribution in [1.29, 1.82) is 0 Å². The van der Waals surface area contributed by atoms with Gasteiger partial charge in [-0.05, 0) is 23.8 Å². The molecule has 3 nitrogen and oxygen atoms in total. The van der Waals surface area contributed by atoms with Gasteiger partial charge in [0.1, 0.15) is 6.67 Å². The molecule has 0 radical (unpaired) electrons. The summed E-state index contributed by atoms with van der Waals surface area (Å²) in [4.78, 5) is 4.13. The molecule has 0 aliphatic carbocycles. The van der Waals surface area contributed by atoms with Crippen LogP contribution in [0.5, 0.6) is 0 Å². The first-order valence-electron chi connectivity index (χ1n) is 6.47. The molecule has 0 unspecified atom stereocenters. The molecule has 0 aliphatic rings. The third-order valence-corrected chi connectivity index (χ3v) is 3.11. The van der Waals surface area contributed by atoms with Crippen molar-refractivity contribution in [3.8, 4) is 22.4 Å². The lowest BCUT2D eigenvalue weighted by Crippen LogP contribution is -1.99. The Balaban J connectivity index is 1.94. The summed E-state index contributed by atoms with van der Waals surface area (Å²) in [5.41, 5.74) is 4.03. The summed E-state index contributed by atoms with van der Waals surface area (Å²) in [6.45, 7) is -0.112. The van der Waals surface area contributed by atoms with E-state index >= 15 is 0 Å². The first-order chi connectivity index (χ1) is 9.86. The summed E-state index contributed by atoms with van der Waals surface area (Å²) in [5.74, 6) is 0. The average molecular weight is 267 g/mol. The van der Waals surface area contributed by atoms with Crippen molar-refractivity contribution in [1.82, 2.24) is 14.8 Å². The molecule has 0 saturated carbocycles. The van der Waals surface area contributed by atoms with E-state index in [2.05, 4.69) is 16.1 Å². The molecule has 2 aromatic heterocycles. The number of halogens is 1. The first-order valence-corrected chi connectivity index (χ1v) is 6.47. The molecule has 2 heterocycles. The van der Waals surface area contributed by atoms with Crippen LogP contribution in [0.1, 0.15) is 0 Å². The van der Waals surface area contributed by atoms with E-state index in [9.17, 15) is 4.39 Å². The van der Waals surface area contributed by atoms with Gasteiger partial charge in [0.05, 0.1) is 12.2 Å². The topological polar surface area (TPSA) is 30.7 Å². The van der Waals surface area contributed by atoms with Crippen molar-refractivity contribution in [2.45, 2.75) is 6.54 Å². The smallest absolute Gasteiger partial charge is 0.109 e. The maximum atomic E-state index is 12.3. The Bertz CT molecular complexity index is 692. The monoisotopic (exact) mass is 267 g/mol. The number of rotatable bonds is 4. The highest BCUT2D eigenvalue weighted by molar-refractivity contribution is 5.70. The van der Waals surface area contributed by atoms with Crippen LogP contribution in [0.2, 0.25) is 0 Å². The van der Waals surface area contributed by atoms with Gasteiger partial charge in [-0.3, -0.25) is 9.67 Å². The Labute approximate surface area is 116 Å². The van der Waals surface area contributed by atoms with E-state index in [1.54, 1.807) is 17.1 Å². The molecule has 0 amide bonds. The molecular formula is C16H14FN3. The van der Waals surface area contributed by atoms with E-state index in [4.69, 9.17) is 0 Å². The zero-order chi connectivity index (χ0) is 13.8. The molecule has 20 heavy (non-hydrogen) atoms. The third-order valence-electron chi connectivity index (χ3n) is 3.11. The van der Waals surface area contributed by atoms with Crippen molar-refractivity contribution < 1.29 is 4.39 Å². The number of pyridine rings is 1. The lowest BCUT2D eigenvalue weighted by Gasteiger charge is -2.03. The van der Waals surface area contributed by atoms with Gasteiger partial charge in [-0.15, -0.1) is 0 Å². The molecule has 1 aromatic carbocycles. The second-order valence-corrected chi connectivity index (χ2v) is 4.48. The fourth-order valence-corrected chi connectivity index (χ4v) is 2.12. The van der Waals surface area contributed by atoms with Gasteiger partial charge in [-0.2, -0.15) is 5.10 Å². The highest BCUT2D eigenvalue weighted by Gasteiger charge is 2.04. The van der Waals surface area contributed by atoms with Crippen molar-refractivity contribution in [3.05, 3.63) is 61.1 Å². The maximum Gasteiger partial charge on any atom is 0.109 e. The van der Waals surface area contributed by atoms with E-state index in [0.29, 0.717) is 6.54 Å². The Morgan fingerprint density at radius 1 is 1.00 bits per heavy atom. The molecule has 4 heteroatoms. The zero-order valence-electron chi connectivity index (χ0n) is 10.9. The number of aromatic nitrogens is 3. The fraction of sp³-hybridized carbons (Fsp3) is 0.125. The van der Waals surface area contributed by atoms with Crippen LogP contribution >= 0.6 is 0 Å². The number of benzene rings is 1. The van der Waals surface area contributed by atoms with Gasteiger partial charge in [0.25, 0.3) is 0 Å². The minimum atomic E-state index is -0.406. The Kier molecular flexibility index (Phi) is 3.54. The SMILES string of the molecule is FCCn1ccc(-c2cccc(-c3cccnc3)c2)n1. The van der Waals surface area contributed by atoms with Crippen LogP contribution in [0.15, 0.2) is 61.1 Å². The molecule has 0 spiro atoms. The Hall–Kier alpha value is -2.49. The first kappa shape index (κ1) is 12.5. The highest BCUT2D eigenvalue weighted by Crippen LogP contribution is 2.24. The summed E-state index contributed by atoms with van der Waals surface area (Å²) in [6.07, 6.45) is 5.39. The maximum absolute atomic E-state index is 12.3. The van der Waals surface area contributed by atoms with Crippen molar-refractivity contribution in [2.24, 2.45) is 0 Å². The van der Waals surface area contributed by atoms with Crippen molar-refractivity contribution >= 4 is 0 Å². The van der Waals surface area contributed by atoms with Crippen LogP contribution in [-0.4, -0.2) is 21.4 Å². The summed E-state index contributed by atoms with van der Waals surface area (Å²) in [5, 5.41) is 4.37. The second kappa shape index (κ2) is 5.65. The van der Waals surface area contributed by atoms with Crippen LogP contribution in [-0.2, 0) is 6.54 Å². The molecule has 3 rings (SSSR count). The summed E-state index contributed by atoms with van der Waals surface area (Å²) in [6, 6.07) is 13.9. The predicted octanol–water partition coefficient (Wildman–Crippen LogP) is 3.58. The van der Waals surface area contributed by atoms with Crippen molar-refractivity contribution in [3.63, 3.8) is 0 Å². The molecule has 0 atom stereocenters. The van der Waals surface area contributed by atoms with Crippen molar-refractivity contribution in [2.75, 3.05) is 6.67 Å². The number of alkyl halides is 1. The van der Waals surface area contributed by atoms with Crippen LogP contribution in [0.25, 0.3) is 22.4 Å². The molecule has 0 N–H and O–H groups in total. The average Bonchev–Trinajstić information content (AvgIpc) is 2.97. The predicted molar refractivity (Wildman–Crippen MR) is 76.9 cm³/mol. The molecule has 3 aromatic rings. The Morgan fingerprint density at radius 2 is 1.85 bits per heavy atom. The molecule has 100 valence electrons. The van der Waals surface area contributed by atoms with Gasteiger partial charge in [-0.1, -0.05) is 24.3 Å². The van der Waals surface area contributed by atoms with Gasteiger partial charge in [-0.25, -0.2) is 4.39 Å². The third kappa shape index (κ3) is 2.59. The zero-order valence-corrected chi connectivity index (χ0v) is 10.9. The van der Waals surface area contributed by atoms with Crippen LogP contribution < -0.4 is 0 Å². The van der Waals surface area contributed by atoms with Crippen LogP contribution in [0.3, 0.4) is 0 Å². The second-order valence-electron chi connectivity index (χ2n) is 4.48. The quantitative estimate of drug-likeness (QED) is 0.723. The summed E-state index contributed by atoms with van der Waals surface area (Å²) >= 11 is 0. The van der Waals surface area contributed by atoms with Gasteiger partial charge in [0.2, 0.25) is 0 Å². The van der Waals surface area contributed by atoms with Gasteiger partial charge in [0, 0.05) is 29.7 Å². The largest absolute Gasteiger partial charge is 0.269 e. The minimum Gasteiger partial charge on any atom is -0.269 e. The van der Waals surface area contributed by atoms with Gasteiger partial charge >= 0.3 is 0 Å². The van der Waals surface area contributed by atoms with E-state index in [0.717, 1.165) is 22.4 Å². The van der Waals surface area contributed by atoms with Gasteiger partial charge < -0.3 is 0 Å². The Morgan fingerprint density at radius 3 is 2.65 bits per heavy atom. The highest BCUT2D eigenvalue weighted by atomic mass is 19.1. The van der Waals surface area contributed by atoms with E-state index < -0.39 is 6.67 Å². The molecule has 0 fully saturated rings. The van der Waals surface area contributed by atoms with E-state index in [1.165, 1.54) is 0 Å². The van der Waals surface area contributed by atoms with Gasteiger partial charge in [0.15, 0.2) is 0 Å². The van der Waals surface area contributed by atoms with E-state index in [-0.39, 0.29) is 0 Å². The minimum absolute atomic E-state index is 0.294. The lowest BCUT2D eigenvalue weighted by atomic mass is 10.0. The van der Waals surface area contributed by atoms with Crippen LogP contribution in [0.4, 0.5) is 4.39 Å². The molecule has 0 saturated heterocycles. The molecule has 0 bridgehead atoms. The van der Waals surface area contributed by atoms with Crippen LogP contribution in [0, 0.1) is 0 Å². The molecular weight excluding hydrogens is 253 g/mol. The molecule has 0 aliphatic heterocycles. The number of hydrogen-bond acceptors (Lipinski definition) is 2. The standard InChI is InChI=1S/C16H14FN3/c17-7-10-20-9-6-16(19-20)14-4-1-3-13(11-14)15-5-2-8-18-12-15/h1-6,8-9,11-12H,7,10H2. The number of hydrogen-bond donors (Lipinski definition) is 0. The van der Waals surface area contributed by atoms with E-state index in [1.807, 2.05) is 42.6 Å². The lowest BCUT2D eigenvalue weighted by molar-refractivity contribution is 0.427. The normalized spacial score (nSPS) is 10.7. The summed E-state index contributed by atoms with van der Waals surface area (Å²) < 4.78 is 13.9. The number of nitrogens with zero attached hydrogens (tertiary/aromatic N) is 3.